The van der Waals surface area contributed by atoms with Crippen molar-refractivity contribution in [2.75, 3.05) is 16.3 Å². The Morgan fingerprint density at radius 3 is 2.33 bits per heavy atom. The van der Waals surface area contributed by atoms with Gasteiger partial charge < -0.3 is 14.8 Å². The summed E-state index contributed by atoms with van der Waals surface area (Å²) in [5, 5.41) is 13.9. The molecule has 0 aliphatic carbocycles. The van der Waals surface area contributed by atoms with E-state index < -0.39 is 15.6 Å². The highest BCUT2D eigenvalue weighted by Gasteiger charge is 2.10. The SMILES string of the molecule is CCc1cc2c(CNc3ccc(NS(C)(=O)=O)cc3)cc(=O)oc2cc1O. The van der Waals surface area contributed by atoms with Crippen LogP contribution in [0.1, 0.15) is 18.1 Å². The lowest BCUT2D eigenvalue weighted by molar-refractivity contribution is 0.466. The third kappa shape index (κ3) is 4.59. The highest BCUT2D eigenvalue weighted by molar-refractivity contribution is 7.92. The largest absolute Gasteiger partial charge is 0.508 e. The first-order valence-corrected chi connectivity index (χ1v) is 10.2. The number of benzene rings is 2. The van der Waals surface area contributed by atoms with Crippen LogP contribution in [0.4, 0.5) is 11.4 Å². The maximum atomic E-state index is 11.8. The number of aryl methyl sites for hydroxylation is 1. The molecule has 142 valence electrons. The molecule has 1 heterocycles. The number of phenolic OH excluding ortho intramolecular Hbond substituents is 1. The fourth-order valence-corrected chi connectivity index (χ4v) is 3.37. The first-order valence-electron chi connectivity index (χ1n) is 8.35. The number of nitrogens with one attached hydrogen (secondary N) is 2. The molecule has 7 nitrogen and oxygen atoms in total. The minimum atomic E-state index is -3.32. The molecule has 0 aliphatic rings. The number of phenols is 1. The van der Waals surface area contributed by atoms with Crippen molar-refractivity contribution in [3.63, 3.8) is 0 Å². The van der Waals surface area contributed by atoms with Crippen molar-refractivity contribution in [1.82, 2.24) is 0 Å². The van der Waals surface area contributed by atoms with Gasteiger partial charge in [0.15, 0.2) is 0 Å². The Kier molecular flexibility index (Phi) is 5.09. The standard InChI is InChI=1S/C19H20N2O5S/c1-3-12-8-16-13(9-19(23)26-18(16)10-17(12)22)11-20-14-4-6-15(7-5-14)21-27(2,24)25/h4-10,20-22H,3,11H2,1-2H3. The van der Waals surface area contributed by atoms with E-state index in [1.807, 2.05) is 13.0 Å². The lowest BCUT2D eigenvalue weighted by Gasteiger charge is -2.11. The van der Waals surface area contributed by atoms with Crippen molar-refractivity contribution in [2.24, 2.45) is 0 Å². The van der Waals surface area contributed by atoms with E-state index in [4.69, 9.17) is 4.42 Å². The Labute approximate surface area is 156 Å². The average Bonchev–Trinajstić information content (AvgIpc) is 2.59. The molecular formula is C19H20N2O5S. The molecule has 0 radical (unpaired) electrons. The summed E-state index contributed by atoms with van der Waals surface area (Å²) in [4.78, 5) is 11.8. The Bertz CT molecular complexity index is 1140. The predicted molar refractivity (Wildman–Crippen MR) is 106 cm³/mol. The molecule has 0 saturated carbocycles. The summed E-state index contributed by atoms with van der Waals surface area (Å²) in [6.45, 7) is 2.30. The van der Waals surface area contributed by atoms with Gasteiger partial charge in [-0.25, -0.2) is 13.2 Å². The maximum Gasteiger partial charge on any atom is 0.336 e. The van der Waals surface area contributed by atoms with E-state index in [0.717, 1.165) is 28.5 Å². The van der Waals surface area contributed by atoms with Crippen molar-refractivity contribution >= 4 is 32.4 Å². The monoisotopic (exact) mass is 388 g/mol. The summed E-state index contributed by atoms with van der Waals surface area (Å²) in [5.41, 5.74) is 2.60. The van der Waals surface area contributed by atoms with Crippen LogP contribution in [0.2, 0.25) is 0 Å². The molecule has 0 fully saturated rings. The average molecular weight is 388 g/mol. The van der Waals surface area contributed by atoms with Crippen molar-refractivity contribution in [2.45, 2.75) is 19.9 Å². The molecule has 27 heavy (non-hydrogen) atoms. The third-order valence-electron chi connectivity index (χ3n) is 4.08. The normalized spacial score (nSPS) is 11.5. The number of anilines is 2. The molecule has 0 bridgehead atoms. The predicted octanol–water partition coefficient (Wildman–Crippen LogP) is 3.04. The molecule has 0 amide bonds. The summed E-state index contributed by atoms with van der Waals surface area (Å²) in [7, 11) is -3.32. The summed E-state index contributed by atoms with van der Waals surface area (Å²) in [6, 6.07) is 11.5. The lowest BCUT2D eigenvalue weighted by atomic mass is 10.0. The Hall–Kier alpha value is -3.00. The van der Waals surface area contributed by atoms with Gasteiger partial charge in [-0.3, -0.25) is 4.72 Å². The highest BCUT2D eigenvalue weighted by atomic mass is 32.2. The van der Waals surface area contributed by atoms with Crippen LogP contribution in [-0.2, 0) is 23.0 Å². The molecule has 0 atom stereocenters. The quantitative estimate of drug-likeness (QED) is 0.560. The van der Waals surface area contributed by atoms with Gasteiger partial charge in [0.25, 0.3) is 0 Å². The van der Waals surface area contributed by atoms with Gasteiger partial charge in [0.1, 0.15) is 11.3 Å². The van der Waals surface area contributed by atoms with Gasteiger partial charge in [0.05, 0.1) is 6.26 Å². The second-order valence-corrected chi connectivity index (χ2v) is 7.97. The molecule has 1 aromatic heterocycles. The van der Waals surface area contributed by atoms with Crippen LogP contribution in [0.5, 0.6) is 5.75 Å². The number of rotatable bonds is 6. The van der Waals surface area contributed by atoms with Gasteiger partial charge in [-0.2, -0.15) is 0 Å². The molecule has 0 saturated heterocycles. The first-order chi connectivity index (χ1) is 12.7. The van der Waals surface area contributed by atoms with Gasteiger partial charge >= 0.3 is 5.63 Å². The number of hydrogen-bond donors (Lipinski definition) is 3. The van der Waals surface area contributed by atoms with Crippen LogP contribution >= 0.6 is 0 Å². The van der Waals surface area contributed by atoms with Crippen molar-refractivity contribution < 1.29 is 17.9 Å². The number of hydrogen-bond acceptors (Lipinski definition) is 6. The highest BCUT2D eigenvalue weighted by Crippen LogP contribution is 2.27. The Morgan fingerprint density at radius 1 is 1.04 bits per heavy atom. The van der Waals surface area contributed by atoms with Crippen LogP contribution in [-0.4, -0.2) is 19.8 Å². The molecule has 0 spiro atoms. The van der Waals surface area contributed by atoms with Crippen LogP contribution in [0.15, 0.2) is 51.7 Å². The summed E-state index contributed by atoms with van der Waals surface area (Å²) < 4.78 is 30.1. The van der Waals surface area contributed by atoms with Crippen molar-refractivity contribution in [3.8, 4) is 5.75 Å². The van der Waals surface area contributed by atoms with E-state index in [9.17, 15) is 18.3 Å². The third-order valence-corrected chi connectivity index (χ3v) is 4.69. The van der Waals surface area contributed by atoms with E-state index in [1.54, 1.807) is 24.3 Å². The number of aromatic hydroxyl groups is 1. The summed E-state index contributed by atoms with van der Waals surface area (Å²) >= 11 is 0. The molecule has 8 heteroatoms. The van der Waals surface area contributed by atoms with Gasteiger partial charge in [-0.1, -0.05) is 6.92 Å². The van der Waals surface area contributed by atoms with Gasteiger partial charge in [0.2, 0.25) is 10.0 Å². The van der Waals surface area contributed by atoms with E-state index in [1.165, 1.54) is 12.1 Å². The molecule has 3 rings (SSSR count). The summed E-state index contributed by atoms with van der Waals surface area (Å²) in [6.07, 6.45) is 1.75. The van der Waals surface area contributed by atoms with Gasteiger partial charge in [0, 0.05) is 35.4 Å². The topological polar surface area (TPSA) is 109 Å². The van der Waals surface area contributed by atoms with E-state index in [2.05, 4.69) is 10.0 Å². The summed E-state index contributed by atoms with van der Waals surface area (Å²) in [5.74, 6) is 0.104. The molecule has 3 aromatic rings. The second-order valence-electron chi connectivity index (χ2n) is 6.23. The number of sulfonamides is 1. The zero-order chi connectivity index (χ0) is 19.6. The van der Waals surface area contributed by atoms with Gasteiger partial charge in [-0.05, 0) is 47.9 Å². The minimum absolute atomic E-state index is 0.104. The molecule has 3 N–H and O–H groups in total. The number of fused-ring (bicyclic) bond motifs is 1. The molecular weight excluding hydrogens is 368 g/mol. The van der Waals surface area contributed by atoms with Crippen molar-refractivity contribution in [1.29, 1.82) is 0 Å². The van der Waals surface area contributed by atoms with E-state index in [-0.39, 0.29) is 5.75 Å². The van der Waals surface area contributed by atoms with Crippen LogP contribution in [0, 0.1) is 0 Å². The van der Waals surface area contributed by atoms with E-state index >= 15 is 0 Å². The molecule has 0 unspecified atom stereocenters. The Balaban J connectivity index is 1.85. The zero-order valence-corrected chi connectivity index (χ0v) is 15.8. The molecule has 2 aromatic carbocycles. The van der Waals surface area contributed by atoms with E-state index in [0.29, 0.717) is 24.2 Å². The Morgan fingerprint density at radius 2 is 1.70 bits per heavy atom. The van der Waals surface area contributed by atoms with Crippen LogP contribution < -0.4 is 15.7 Å². The fraction of sp³-hybridized carbons (Fsp3) is 0.211. The first kappa shape index (κ1) is 18.8. The van der Waals surface area contributed by atoms with Crippen molar-refractivity contribution in [3.05, 3.63) is 64.0 Å². The maximum absolute atomic E-state index is 11.8. The van der Waals surface area contributed by atoms with Crippen LogP contribution in [0.3, 0.4) is 0 Å². The molecule has 0 aliphatic heterocycles. The lowest BCUT2D eigenvalue weighted by Crippen LogP contribution is -2.09. The van der Waals surface area contributed by atoms with Crippen LogP contribution in [0.25, 0.3) is 11.0 Å². The van der Waals surface area contributed by atoms with Gasteiger partial charge in [-0.15, -0.1) is 0 Å². The fourth-order valence-electron chi connectivity index (χ4n) is 2.80. The minimum Gasteiger partial charge on any atom is -0.508 e. The zero-order valence-electron chi connectivity index (χ0n) is 14.9. The second kappa shape index (κ2) is 7.32. The smallest absolute Gasteiger partial charge is 0.336 e.